The Morgan fingerprint density at radius 1 is 1.14 bits per heavy atom. The fraction of sp³-hybridized carbons (Fsp3) is 0.476. The van der Waals surface area contributed by atoms with Crippen molar-refractivity contribution in [2.75, 3.05) is 19.5 Å². The van der Waals surface area contributed by atoms with Crippen LogP contribution in [0.2, 0.25) is 5.15 Å². The molecule has 0 aliphatic heterocycles. The molecule has 0 spiro atoms. The minimum Gasteiger partial charge on any atom is -0.497 e. The predicted octanol–water partition coefficient (Wildman–Crippen LogP) is 4.76. The van der Waals surface area contributed by atoms with Gasteiger partial charge in [0.05, 0.1) is 14.2 Å². The van der Waals surface area contributed by atoms with E-state index in [2.05, 4.69) is 10.3 Å². The Morgan fingerprint density at radius 2 is 1.93 bits per heavy atom. The molecule has 0 saturated heterocycles. The molecule has 1 N–H and O–H groups in total. The quantitative estimate of drug-likeness (QED) is 0.585. The lowest BCUT2D eigenvalue weighted by Crippen LogP contribution is -2.10. The number of nitrogens with one attached hydrogen (secondary N) is 1. The number of hydrogen-bond donors (Lipinski definition) is 1. The van der Waals surface area contributed by atoms with Gasteiger partial charge in [-0.25, -0.2) is 9.97 Å². The van der Waals surface area contributed by atoms with Gasteiger partial charge in [-0.15, -0.1) is 5.10 Å². The van der Waals surface area contributed by atoms with E-state index < -0.39 is 0 Å². The largest absolute Gasteiger partial charge is 0.497 e. The molecule has 1 aliphatic carbocycles. The number of methoxy groups -OCH3 is 2. The second kappa shape index (κ2) is 8.45. The maximum atomic E-state index is 6.39. The van der Waals surface area contributed by atoms with E-state index in [-0.39, 0.29) is 0 Å². The maximum Gasteiger partial charge on any atom is 0.227 e. The first-order chi connectivity index (χ1) is 14.1. The highest BCUT2D eigenvalue weighted by Crippen LogP contribution is 2.32. The molecule has 7 nitrogen and oxygen atoms in total. The summed E-state index contributed by atoms with van der Waals surface area (Å²) in [4.78, 5) is 9.33. The Labute approximate surface area is 175 Å². The van der Waals surface area contributed by atoms with Crippen LogP contribution in [-0.4, -0.2) is 33.8 Å². The first-order valence-corrected chi connectivity index (χ1v) is 10.4. The van der Waals surface area contributed by atoms with Crippen molar-refractivity contribution in [3.63, 3.8) is 0 Å². The van der Waals surface area contributed by atoms with Crippen LogP contribution in [0.15, 0.2) is 18.2 Å². The average Bonchev–Trinajstić information content (AvgIpc) is 3.22. The van der Waals surface area contributed by atoms with Gasteiger partial charge in [0.25, 0.3) is 0 Å². The summed E-state index contributed by atoms with van der Waals surface area (Å²) >= 11 is 6.39. The van der Waals surface area contributed by atoms with Gasteiger partial charge in [-0.1, -0.05) is 30.9 Å². The predicted molar refractivity (Wildman–Crippen MR) is 113 cm³/mol. The fourth-order valence-electron chi connectivity index (χ4n) is 3.86. The van der Waals surface area contributed by atoms with Crippen LogP contribution in [0.25, 0.3) is 5.65 Å². The molecule has 2 aromatic heterocycles. The topological polar surface area (TPSA) is 73.6 Å². The summed E-state index contributed by atoms with van der Waals surface area (Å²) < 4.78 is 12.5. The number of fused-ring (bicyclic) bond motifs is 1. The van der Waals surface area contributed by atoms with Crippen LogP contribution in [0.5, 0.6) is 11.5 Å². The van der Waals surface area contributed by atoms with Crippen molar-refractivity contribution in [1.82, 2.24) is 19.6 Å². The van der Waals surface area contributed by atoms with Gasteiger partial charge in [0.15, 0.2) is 11.5 Å². The van der Waals surface area contributed by atoms with Crippen molar-refractivity contribution in [2.45, 2.75) is 51.5 Å². The normalized spacial score (nSPS) is 14.9. The van der Waals surface area contributed by atoms with E-state index in [9.17, 15) is 0 Å². The second-order valence-electron chi connectivity index (χ2n) is 7.42. The highest BCUT2D eigenvalue weighted by atomic mass is 35.5. The maximum absolute atomic E-state index is 6.39. The Kier molecular flexibility index (Phi) is 5.76. The van der Waals surface area contributed by atoms with Crippen LogP contribution in [0.3, 0.4) is 0 Å². The molecule has 0 unspecified atom stereocenters. The minimum absolute atomic E-state index is 0.413. The van der Waals surface area contributed by atoms with Gasteiger partial charge in [-0.05, 0) is 31.9 Å². The molecular formula is C21H26ClN5O2. The summed E-state index contributed by atoms with van der Waals surface area (Å²) in [5.41, 5.74) is 2.58. The summed E-state index contributed by atoms with van der Waals surface area (Å²) in [6, 6.07) is 5.73. The molecule has 1 saturated carbocycles. The van der Waals surface area contributed by atoms with Crippen molar-refractivity contribution in [1.29, 1.82) is 0 Å². The molecule has 3 aromatic rings. The summed E-state index contributed by atoms with van der Waals surface area (Å²) in [6.45, 7) is 2.44. The van der Waals surface area contributed by atoms with Crippen molar-refractivity contribution in [3.8, 4) is 11.5 Å². The Bertz CT molecular complexity index is 1010. The third-order valence-corrected chi connectivity index (χ3v) is 5.94. The minimum atomic E-state index is 0.413. The number of hydrogen-bond acceptors (Lipinski definition) is 6. The Morgan fingerprint density at radius 3 is 2.66 bits per heavy atom. The number of ether oxygens (including phenoxy) is 2. The Balaban J connectivity index is 1.65. The van der Waals surface area contributed by atoms with E-state index in [1.165, 1.54) is 19.3 Å². The molecule has 8 heteroatoms. The zero-order valence-corrected chi connectivity index (χ0v) is 17.8. The van der Waals surface area contributed by atoms with Crippen LogP contribution in [0.4, 0.5) is 5.95 Å². The van der Waals surface area contributed by atoms with Crippen molar-refractivity contribution >= 4 is 23.2 Å². The number of benzene rings is 1. The zero-order valence-electron chi connectivity index (χ0n) is 17.0. The van der Waals surface area contributed by atoms with Crippen molar-refractivity contribution in [2.24, 2.45) is 0 Å². The number of anilines is 1. The van der Waals surface area contributed by atoms with Crippen LogP contribution in [0, 0.1) is 6.92 Å². The van der Waals surface area contributed by atoms with E-state index in [0.717, 1.165) is 46.9 Å². The van der Waals surface area contributed by atoms with Gasteiger partial charge in [0.1, 0.15) is 16.7 Å². The number of aromatic nitrogens is 4. The highest BCUT2D eigenvalue weighted by Gasteiger charge is 2.22. The lowest BCUT2D eigenvalue weighted by molar-refractivity contribution is 0.391. The number of halogens is 1. The summed E-state index contributed by atoms with van der Waals surface area (Å²) in [6.07, 6.45) is 6.06. The number of nitrogens with zero attached hydrogens (tertiary/aromatic N) is 4. The first-order valence-electron chi connectivity index (χ1n) is 9.98. The lowest BCUT2D eigenvalue weighted by Gasteiger charge is -2.18. The monoisotopic (exact) mass is 415 g/mol. The molecule has 0 amide bonds. The highest BCUT2D eigenvalue weighted by molar-refractivity contribution is 6.30. The summed E-state index contributed by atoms with van der Waals surface area (Å²) in [5, 5.41) is 8.57. The average molecular weight is 416 g/mol. The SMILES string of the molecule is COc1ccc(CNc2nc(Cl)c(C)c3nc(C4CCCCC4)nn23)c(OC)c1. The van der Waals surface area contributed by atoms with E-state index in [4.69, 9.17) is 31.2 Å². The first kappa shape index (κ1) is 19.8. The van der Waals surface area contributed by atoms with Gasteiger partial charge < -0.3 is 14.8 Å². The molecule has 0 radical (unpaired) electrons. The van der Waals surface area contributed by atoms with Crippen molar-refractivity contribution < 1.29 is 9.47 Å². The zero-order chi connectivity index (χ0) is 20.4. The van der Waals surface area contributed by atoms with E-state index in [1.54, 1.807) is 18.7 Å². The number of rotatable bonds is 6. The smallest absolute Gasteiger partial charge is 0.227 e. The van der Waals surface area contributed by atoms with Crippen LogP contribution in [0.1, 0.15) is 55.0 Å². The standard InChI is InChI=1S/C21H26ClN5O2/c1-13-18(22)24-21(23-12-15-9-10-16(28-2)11-17(15)29-3)27-20(13)25-19(26-27)14-7-5-4-6-8-14/h9-11,14H,4-8,12H2,1-3H3,(H,23,24). The van der Waals surface area contributed by atoms with Crippen LogP contribution < -0.4 is 14.8 Å². The number of aryl methyl sites for hydroxylation is 1. The van der Waals surface area contributed by atoms with E-state index in [1.807, 2.05) is 25.1 Å². The molecule has 1 aromatic carbocycles. The second-order valence-corrected chi connectivity index (χ2v) is 7.78. The van der Waals surface area contributed by atoms with Crippen molar-refractivity contribution in [3.05, 3.63) is 40.3 Å². The van der Waals surface area contributed by atoms with Gasteiger partial charge in [-0.2, -0.15) is 4.52 Å². The van der Waals surface area contributed by atoms with E-state index in [0.29, 0.717) is 23.6 Å². The molecule has 29 heavy (non-hydrogen) atoms. The third-order valence-electron chi connectivity index (χ3n) is 5.57. The molecule has 1 fully saturated rings. The lowest BCUT2D eigenvalue weighted by atomic mass is 9.89. The molecule has 4 rings (SSSR count). The molecule has 154 valence electrons. The van der Waals surface area contributed by atoms with Gasteiger partial charge in [0.2, 0.25) is 5.95 Å². The summed E-state index contributed by atoms with van der Waals surface area (Å²) in [5.74, 6) is 3.37. The van der Waals surface area contributed by atoms with E-state index >= 15 is 0 Å². The third kappa shape index (κ3) is 3.96. The van der Waals surface area contributed by atoms with Gasteiger partial charge in [-0.3, -0.25) is 0 Å². The molecular weight excluding hydrogens is 390 g/mol. The van der Waals surface area contributed by atoms with Crippen LogP contribution in [-0.2, 0) is 6.54 Å². The fourth-order valence-corrected chi connectivity index (χ4v) is 4.02. The molecule has 0 atom stereocenters. The summed E-state index contributed by atoms with van der Waals surface area (Å²) in [7, 11) is 3.28. The molecule has 0 bridgehead atoms. The van der Waals surface area contributed by atoms with Crippen LogP contribution >= 0.6 is 11.6 Å². The van der Waals surface area contributed by atoms with Gasteiger partial charge >= 0.3 is 0 Å². The molecule has 1 aliphatic rings. The molecule has 2 heterocycles. The van der Waals surface area contributed by atoms with Gasteiger partial charge in [0, 0.05) is 29.7 Å². The Hall–Kier alpha value is -2.54.